The maximum absolute atomic E-state index is 12.3. The van der Waals surface area contributed by atoms with Gasteiger partial charge in [-0.3, -0.25) is 9.59 Å². The van der Waals surface area contributed by atoms with Gasteiger partial charge < -0.3 is 10.2 Å². The van der Waals surface area contributed by atoms with Crippen LogP contribution in [0.5, 0.6) is 0 Å². The van der Waals surface area contributed by atoms with Crippen molar-refractivity contribution >= 4 is 11.6 Å². The minimum absolute atomic E-state index is 0.117. The minimum atomic E-state index is -0.165. The third-order valence-electron chi connectivity index (χ3n) is 5.30. The first-order valence-electron chi connectivity index (χ1n) is 10.1. The van der Waals surface area contributed by atoms with E-state index in [-0.39, 0.29) is 36.1 Å². The highest BCUT2D eigenvalue weighted by Gasteiger charge is 2.23. The van der Waals surface area contributed by atoms with Crippen molar-refractivity contribution in [2.45, 2.75) is 72.1 Å². The fourth-order valence-corrected chi connectivity index (χ4v) is 3.23. The van der Waals surface area contributed by atoms with Crippen LogP contribution < -0.4 is 0 Å². The molecule has 0 heterocycles. The van der Waals surface area contributed by atoms with E-state index in [0.717, 1.165) is 30.4 Å². The first-order chi connectivity index (χ1) is 12.8. The van der Waals surface area contributed by atoms with E-state index in [4.69, 9.17) is 5.11 Å². The highest BCUT2D eigenvalue weighted by atomic mass is 16.3. The number of aliphatic hydroxyl groups is 2. The van der Waals surface area contributed by atoms with Crippen LogP contribution in [0.3, 0.4) is 0 Å². The van der Waals surface area contributed by atoms with Gasteiger partial charge >= 0.3 is 0 Å². The van der Waals surface area contributed by atoms with Crippen LogP contribution >= 0.6 is 0 Å². The Morgan fingerprint density at radius 2 is 1.48 bits per heavy atom. The lowest BCUT2D eigenvalue weighted by atomic mass is 9.81. The molecule has 2 N–H and O–H groups in total. The predicted octanol–water partition coefficient (Wildman–Crippen LogP) is 3.90. The van der Waals surface area contributed by atoms with Crippen LogP contribution in [0.1, 0.15) is 70.4 Å². The van der Waals surface area contributed by atoms with Gasteiger partial charge in [0.05, 0.1) is 0 Å². The Balaban J connectivity index is 2.45. The first-order valence-corrected chi connectivity index (χ1v) is 10.1. The molecular weight excluding hydrogens is 340 g/mol. The van der Waals surface area contributed by atoms with Crippen molar-refractivity contribution < 1.29 is 19.8 Å². The van der Waals surface area contributed by atoms with Gasteiger partial charge in [0.1, 0.15) is 11.6 Å². The number of ketones is 2. The summed E-state index contributed by atoms with van der Waals surface area (Å²) in [5.41, 5.74) is 1.76. The molecule has 1 aromatic carbocycles. The van der Waals surface area contributed by atoms with E-state index >= 15 is 0 Å². The van der Waals surface area contributed by atoms with Gasteiger partial charge in [0.15, 0.2) is 0 Å². The molecule has 0 aliphatic rings. The van der Waals surface area contributed by atoms with E-state index in [0.29, 0.717) is 32.1 Å². The summed E-state index contributed by atoms with van der Waals surface area (Å²) in [6.45, 7) is 6.30. The second-order valence-electron chi connectivity index (χ2n) is 8.29. The molecule has 0 saturated carbocycles. The maximum Gasteiger partial charge on any atom is 0.137 e. The number of benzene rings is 1. The fraction of sp³-hybridized carbons (Fsp3) is 0.652. The van der Waals surface area contributed by atoms with Crippen LogP contribution in [-0.2, 0) is 22.4 Å². The summed E-state index contributed by atoms with van der Waals surface area (Å²) >= 11 is 0. The molecule has 2 unspecified atom stereocenters. The molecule has 0 aliphatic heterocycles. The largest absolute Gasteiger partial charge is 0.396 e. The molecule has 1 rings (SSSR count). The molecule has 0 amide bonds. The second-order valence-corrected chi connectivity index (χ2v) is 8.29. The molecule has 0 spiro atoms. The van der Waals surface area contributed by atoms with Gasteiger partial charge in [-0.1, -0.05) is 51.5 Å². The molecule has 152 valence electrons. The number of aliphatic hydroxyl groups excluding tert-OH is 2. The summed E-state index contributed by atoms with van der Waals surface area (Å²) in [5.74, 6) is 0.526. The van der Waals surface area contributed by atoms with E-state index in [1.807, 2.05) is 38.1 Å². The summed E-state index contributed by atoms with van der Waals surface area (Å²) < 4.78 is 0. The first kappa shape index (κ1) is 23.5. The highest BCUT2D eigenvalue weighted by Crippen LogP contribution is 2.28. The molecule has 0 saturated heterocycles. The Morgan fingerprint density at radius 1 is 0.963 bits per heavy atom. The molecule has 0 aromatic heterocycles. The summed E-state index contributed by atoms with van der Waals surface area (Å²) in [6, 6.07) is 7.69. The quantitative estimate of drug-likeness (QED) is 0.516. The summed E-state index contributed by atoms with van der Waals surface area (Å²) in [5, 5.41) is 18.6. The fourth-order valence-electron chi connectivity index (χ4n) is 3.23. The number of rotatable bonds is 14. The molecule has 0 aliphatic carbocycles. The molecule has 0 fully saturated rings. The lowest BCUT2D eigenvalue weighted by Crippen LogP contribution is -2.22. The summed E-state index contributed by atoms with van der Waals surface area (Å²) in [4.78, 5) is 24.3. The van der Waals surface area contributed by atoms with Crippen molar-refractivity contribution in [1.82, 2.24) is 0 Å². The second kappa shape index (κ2) is 12.0. The Hall–Kier alpha value is -1.52. The third kappa shape index (κ3) is 9.30. The zero-order valence-corrected chi connectivity index (χ0v) is 17.2. The monoisotopic (exact) mass is 376 g/mol. The number of Topliss-reactive ketones (excluding diaryl/α,β-unsaturated/α-hetero) is 2. The summed E-state index contributed by atoms with van der Waals surface area (Å²) in [7, 11) is 0. The molecule has 1 aromatic rings. The van der Waals surface area contributed by atoms with Crippen LogP contribution in [-0.4, -0.2) is 35.0 Å². The number of hydrogen-bond donors (Lipinski definition) is 2. The van der Waals surface area contributed by atoms with Crippen LogP contribution in [0.2, 0.25) is 0 Å². The molecule has 2 atom stereocenters. The average Bonchev–Trinajstić information content (AvgIpc) is 2.66. The van der Waals surface area contributed by atoms with Crippen molar-refractivity contribution in [3.8, 4) is 0 Å². The van der Waals surface area contributed by atoms with Gasteiger partial charge in [0.2, 0.25) is 0 Å². The molecule has 0 radical (unpaired) electrons. The topological polar surface area (TPSA) is 74.6 Å². The number of carbonyl (C=O) groups excluding carboxylic acids is 2. The van der Waals surface area contributed by atoms with Gasteiger partial charge in [-0.2, -0.15) is 0 Å². The zero-order chi connectivity index (χ0) is 20.3. The molecule has 27 heavy (non-hydrogen) atoms. The lowest BCUT2D eigenvalue weighted by molar-refractivity contribution is -0.119. The van der Waals surface area contributed by atoms with Gasteiger partial charge in [-0.15, -0.1) is 0 Å². The van der Waals surface area contributed by atoms with E-state index < -0.39 is 0 Å². The summed E-state index contributed by atoms with van der Waals surface area (Å²) in [6.07, 6.45) is 5.14. The van der Waals surface area contributed by atoms with Gasteiger partial charge in [0, 0.05) is 38.9 Å². The Bertz CT molecular complexity index is 579. The number of carbonyl (C=O) groups is 2. The van der Waals surface area contributed by atoms with Crippen LogP contribution in [0.15, 0.2) is 24.3 Å². The Labute approximate surface area is 164 Å². The van der Waals surface area contributed by atoms with E-state index in [9.17, 15) is 14.7 Å². The predicted molar refractivity (Wildman–Crippen MR) is 109 cm³/mol. The zero-order valence-electron chi connectivity index (χ0n) is 17.2. The standard InChI is InChI=1S/C23H36O4/c1-4-12-23(3,17-25)13-11-22(27)15-20-8-6-19(7-9-20)14-21(26)10-5-18(2)16-24/h6-9,18,24-25H,4-5,10-17H2,1-3H3. The third-order valence-corrected chi connectivity index (χ3v) is 5.30. The minimum Gasteiger partial charge on any atom is -0.396 e. The molecular formula is C23H36O4. The number of hydrogen-bond acceptors (Lipinski definition) is 4. The van der Waals surface area contributed by atoms with Crippen LogP contribution in [0, 0.1) is 11.3 Å². The van der Waals surface area contributed by atoms with Crippen molar-refractivity contribution in [2.75, 3.05) is 13.2 Å². The van der Waals surface area contributed by atoms with Crippen molar-refractivity contribution in [2.24, 2.45) is 11.3 Å². The van der Waals surface area contributed by atoms with E-state index in [1.165, 1.54) is 0 Å². The van der Waals surface area contributed by atoms with Crippen molar-refractivity contribution in [3.63, 3.8) is 0 Å². The Morgan fingerprint density at radius 3 is 1.93 bits per heavy atom. The average molecular weight is 377 g/mol. The van der Waals surface area contributed by atoms with Crippen LogP contribution in [0.25, 0.3) is 0 Å². The van der Waals surface area contributed by atoms with Crippen molar-refractivity contribution in [3.05, 3.63) is 35.4 Å². The Kier molecular flexibility index (Phi) is 10.5. The maximum atomic E-state index is 12.3. The molecule has 4 heteroatoms. The van der Waals surface area contributed by atoms with Crippen LogP contribution in [0.4, 0.5) is 0 Å². The highest BCUT2D eigenvalue weighted by molar-refractivity contribution is 5.82. The van der Waals surface area contributed by atoms with Crippen molar-refractivity contribution in [1.29, 1.82) is 0 Å². The van der Waals surface area contributed by atoms with E-state index in [2.05, 4.69) is 6.92 Å². The van der Waals surface area contributed by atoms with Gasteiger partial charge in [-0.05, 0) is 41.7 Å². The lowest BCUT2D eigenvalue weighted by Gasteiger charge is -2.26. The van der Waals surface area contributed by atoms with Gasteiger partial charge in [0.25, 0.3) is 0 Å². The smallest absolute Gasteiger partial charge is 0.137 e. The van der Waals surface area contributed by atoms with Gasteiger partial charge in [-0.25, -0.2) is 0 Å². The normalized spacial score (nSPS) is 14.6. The molecule has 4 nitrogen and oxygen atoms in total. The van der Waals surface area contributed by atoms with E-state index in [1.54, 1.807) is 0 Å². The molecule has 0 bridgehead atoms. The SMILES string of the molecule is CCCC(C)(CO)CCC(=O)Cc1ccc(CC(=O)CCC(C)CO)cc1.